The van der Waals surface area contributed by atoms with E-state index in [1.807, 2.05) is 20.2 Å². The van der Waals surface area contributed by atoms with Gasteiger partial charge in [0.1, 0.15) is 18.1 Å². The van der Waals surface area contributed by atoms with Crippen LogP contribution in [0.5, 0.6) is 5.75 Å². The van der Waals surface area contributed by atoms with Gasteiger partial charge in [0, 0.05) is 30.7 Å². The van der Waals surface area contributed by atoms with Gasteiger partial charge in [-0.15, -0.1) is 0 Å². The van der Waals surface area contributed by atoms with Gasteiger partial charge in [-0.1, -0.05) is 6.08 Å². The summed E-state index contributed by atoms with van der Waals surface area (Å²) in [6.45, 7) is 2.33. The predicted octanol–water partition coefficient (Wildman–Crippen LogP) is 2.80. The molecule has 1 aliphatic heterocycles. The van der Waals surface area contributed by atoms with Crippen LogP contribution in [0.3, 0.4) is 0 Å². The molecule has 8 heteroatoms. The molecule has 2 aromatic rings. The summed E-state index contributed by atoms with van der Waals surface area (Å²) in [5.41, 5.74) is 2.73. The molecule has 30 heavy (non-hydrogen) atoms. The molecule has 0 radical (unpaired) electrons. The number of esters is 2. The van der Waals surface area contributed by atoms with Crippen molar-refractivity contribution in [3.63, 3.8) is 0 Å². The molecule has 8 nitrogen and oxygen atoms in total. The number of aromatic nitrogens is 2. The second kappa shape index (κ2) is 9.13. The quantitative estimate of drug-likeness (QED) is 0.679. The fraction of sp³-hybridized carbons (Fsp3) is 0.227. The molecule has 3 rings (SSSR count). The number of allylic oxidation sites excluding steroid dienone is 2. The third-order valence-corrected chi connectivity index (χ3v) is 4.51. The van der Waals surface area contributed by atoms with E-state index in [-0.39, 0.29) is 11.3 Å². The minimum atomic E-state index is -0.654. The first-order valence-electron chi connectivity index (χ1n) is 9.21. The summed E-state index contributed by atoms with van der Waals surface area (Å²) in [6.07, 6.45) is 8.48. The third-order valence-electron chi connectivity index (χ3n) is 4.51. The first-order chi connectivity index (χ1) is 14.4. The largest absolute Gasteiger partial charge is 0.489 e. The summed E-state index contributed by atoms with van der Waals surface area (Å²) in [5, 5.41) is 4.30. The average molecular weight is 409 g/mol. The van der Waals surface area contributed by atoms with Crippen LogP contribution in [0.4, 0.5) is 5.69 Å². The number of ether oxygens (including phenoxy) is 3. The topological polar surface area (TPSA) is 82.9 Å². The van der Waals surface area contributed by atoms with E-state index in [0.29, 0.717) is 18.0 Å². The van der Waals surface area contributed by atoms with Gasteiger partial charge in [-0.25, -0.2) is 9.59 Å². The Morgan fingerprint density at radius 2 is 1.73 bits per heavy atom. The van der Waals surface area contributed by atoms with E-state index >= 15 is 0 Å². The predicted molar refractivity (Wildman–Crippen MR) is 111 cm³/mol. The number of anilines is 1. The van der Waals surface area contributed by atoms with E-state index in [4.69, 9.17) is 14.2 Å². The second-order valence-corrected chi connectivity index (χ2v) is 6.51. The van der Waals surface area contributed by atoms with Crippen molar-refractivity contribution < 1.29 is 23.8 Å². The maximum Gasteiger partial charge on any atom is 0.355 e. The summed E-state index contributed by atoms with van der Waals surface area (Å²) >= 11 is 0. The van der Waals surface area contributed by atoms with Gasteiger partial charge in [-0.05, 0) is 43.3 Å². The van der Waals surface area contributed by atoms with Gasteiger partial charge in [0.2, 0.25) is 0 Å². The first-order valence-corrected chi connectivity index (χ1v) is 9.21. The van der Waals surface area contributed by atoms with Crippen LogP contribution in [-0.4, -0.2) is 35.9 Å². The fourth-order valence-electron chi connectivity index (χ4n) is 3.02. The third kappa shape index (κ3) is 4.43. The lowest BCUT2D eigenvalue weighted by molar-refractivity contribution is -0.139. The summed E-state index contributed by atoms with van der Waals surface area (Å²) in [5.74, 6) is -0.623. The first kappa shape index (κ1) is 20.9. The molecule has 0 bridgehead atoms. The second-order valence-electron chi connectivity index (χ2n) is 6.51. The highest BCUT2D eigenvalue weighted by Gasteiger charge is 2.27. The standard InChI is InChI=1S/C22H23N3O5/c1-15-16(13-24(2)23-15)14-30-18-10-8-17(9-11-18)25-12-6-5-7-19(21(26)28-3)20(25)22(27)29-4/h5-13H,14H2,1-4H3. The minimum Gasteiger partial charge on any atom is -0.489 e. The van der Waals surface area contributed by atoms with Gasteiger partial charge in [0.15, 0.2) is 0 Å². The molecule has 0 fully saturated rings. The molecule has 0 amide bonds. The van der Waals surface area contributed by atoms with Crippen LogP contribution in [-0.2, 0) is 32.7 Å². The number of hydrogen-bond donors (Lipinski definition) is 0. The Balaban J connectivity index is 1.86. The lowest BCUT2D eigenvalue weighted by Crippen LogP contribution is -2.26. The number of rotatable bonds is 6. The molecule has 0 spiro atoms. The Morgan fingerprint density at radius 3 is 2.33 bits per heavy atom. The van der Waals surface area contributed by atoms with Crippen LogP contribution in [0.2, 0.25) is 0 Å². The molecule has 2 heterocycles. The van der Waals surface area contributed by atoms with E-state index in [1.54, 1.807) is 52.2 Å². The Morgan fingerprint density at radius 1 is 1.03 bits per heavy atom. The van der Waals surface area contributed by atoms with Gasteiger partial charge in [0.05, 0.1) is 25.5 Å². The van der Waals surface area contributed by atoms with E-state index in [9.17, 15) is 9.59 Å². The normalized spacial score (nSPS) is 13.3. The number of nitrogens with zero attached hydrogens (tertiary/aromatic N) is 3. The number of aryl methyl sites for hydroxylation is 2. The van der Waals surface area contributed by atoms with Gasteiger partial charge >= 0.3 is 11.9 Å². The van der Waals surface area contributed by atoms with Gasteiger partial charge in [-0.3, -0.25) is 4.68 Å². The van der Waals surface area contributed by atoms with Crippen molar-refractivity contribution in [2.24, 2.45) is 7.05 Å². The summed E-state index contributed by atoms with van der Waals surface area (Å²) in [4.78, 5) is 26.3. The van der Waals surface area contributed by atoms with Crippen LogP contribution in [0.15, 0.2) is 66.2 Å². The highest BCUT2D eigenvalue weighted by Crippen LogP contribution is 2.28. The molecule has 0 atom stereocenters. The molecule has 0 unspecified atom stereocenters. The van der Waals surface area contributed by atoms with Crippen LogP contribution in [0, 0.1) is 6.92 Å². The zero-order valence-corrected chi connectivity index (χ0v) is 17.3. The number of benzene rings is 1. The lowest BCUT2D eigenvalue weighted by Gasteiger charge is -2.23. The number of carbonyl (C=O) groups excluding carboxylic acids is 2. The maximum absolute atomic E-state index is 12.5. The van der Waals surface area contributed by atoms with Crippen LogP contribution in [0.25, 0.3) is 0 Å². The molecule has 1 aromatic heterocycles. The van der Waals surface area contributed by atoms with E-state index in [0.717, 1.165) is 11.3 Å². The molecule has 0 aliphatic carbocycles. The molecular weight excluding hydrogens is 386 g/mol. The van der Waals surface area contributed by atoms with E-state index in [2.05, 4.69) is 5.10 Å². The van der Waals surface area contributed by atoms with Crippen molar-refractivity contribution in [1.29, 1.82) is 0 Å². The smallest absolute Gasteiger partial charge is 0.355 e. The van der Waals surface area contributed by atoms with Crippen molar-refractivity contribution in [3.05, 3.63) is 77.4 Å². The Kier molecular flexibility index (Phi) is 6.36. The van der Waals surface area contributed by atoms with E-state index in [1.165, 1.54) is 20.3 Å². The van der Waals surface area contributed by atoms with Crippen LogP contribution in [0.1, 0.15) is 11.3 Å². The maximum atomic E-state index is 12.5. The summed E-state index contributed by atoms with van der Waals surface area (Å²) < 4.78 is 17.3. The zero-order valence-electron chi connectivity index (χ0n) is 17.3. The number of methoxy groups -OCH3 is 2. The van der Waals surface area contributed by atoms with Crippen molar-refractivity contribution in [2.75, 3.05) is 19.1 Å². The van der Waals surface area contributed by atoms with Gasteiger partial charge < -0.3 is 19.1 Å². The lowest BCUT2D eigenvalue weighted by atomic mass is 10.1. The summed E-state index contributed by atoms with van der Waals surface area (Å²) in [6, 6.07) is 7.16. The molecule has 0 N–H and O–H groups in total. The minimum absolute atomic E-state index is 0.0639. The Labute approximate surface area is 174 Å². The Bertz CT molecular complexity index is 1030. The molecule has 156 valence electrons. The highest BCUT2D eigenvalue weighted by molar-refractivity contribution is 6.05. The molecule has 0 saturated carbocycles. The number of hydrogen-bond acceptors (Lipinski definition) is 7. The number of carbonyl (C=O) groups is 2. The zero-order chi connectivity index (χ0) is 21.7. The van der Waals surface area contributed by atoms with Crippen molar-refractivity contribution in [2.45, 2.75) is 13.5 Å². The molecule has 1 aromatic carbocycles. The van der Waals surface area contributed by atoms with Crippen molar-refractivity contribution >= 4 is 17.6 Å². The van der Waals surface area contributed by atoms with Crippen molar-refractivity contribution in [1.82, 2.24) is 9.78 Å². The fourth-order valence-corrected chi connectivity index (χ4v) is 3.02. The monoisotopic (exact) mass is 409 g/mol. The molecule has 0 saturated heterocycles. The molecular formula is C22H23N3O5. The van der Waals surface area contributed by atoms with Gasteiger partial charge in [-0.2, -0.15) is 5.10 Å². The Hall–Kier alpha value is -3.81. The summed E-state index contributed by atoms with van der Waals surface area (Å²) in [7, 11) is 4.39. The van der Waals surface area contributed by atoms with Crippen LogP contribution < -0.4 is 9.64 Å². The highest BCUT2D eigenvalue weighted by atomic mass is 16.5. The van der Waals surface area contributed by atoms with Gasteiger partial charge in [0.25, 0.3) is 0 Å². The van der Waals surface area contributed by atoms with Crippen LogP contribution >= 0.6 is 0 Å². The van der Waals surface area contributed by atoms with E-state index < -0.39 is 11.9 Å². The SMILES string of the molecule is COC(=O)C1=C(C(=O)OC)N(c2ccc(OCc3cn(C)nc3C)cc2)C=CC=C1. The molecule has 1 aliphatic rings. The van der Waals surface area contributed by atoms with Crippen molar-refractivity contribution in [3.8, 4) is 5.75 Å². The average Bonchev–Trinajstić information content (AvgIpc) is 2.94.